The van der Waals surface area contributed by atoms with Crippen LogP contribution in [0.3, 0.4) is 0 Å². The lowest BCUT2D eigenvalue weighted by Gasteiger charge is -2.20. The Labute approximate surface area is 319 Å². The Bertz CT molecular complexity index is 1100. The van der Waals surface area contributed by atoms with Gasteiger partial charge in [-0.05, 0) is 50.5 Å². The van der Waals surface area contributed by atoms with Crippen molar-refractivity contribution in [2.75, 3.05) is 26.4 Å². The maximum Gasteiger partial charge on any atom is 0.472 e. The number of carbonyl (C=O) groups excluding carboxylic acids is 3. The van der Waals surface area contributed by atoms with Crippen molar-refractivity contribution in [2.45, 2.75) is 161 Å². The third-order valence-electron chi connectivity index (χ3n) is 8.14. The number of ether oxygens (including phenoxy) is 2. The van der Waals surface area contributed by atoms with Crippen LogP contribution in [0.4, 0.5) is 0 Å². The monoisotopic (exact) mass is 770 g/mol. The minimum Gasteiger partial charge on any atom is -0.462 e. The Kier molecular flexibility index (Phi) is 33.7. The van der Waals surface area contributed by atoms with Gasteiger partial charge in [0.2, 0.25) is 0 Å². The predicted octanol–water partition coefficient (Wildman–Crippen LogP) is 9.20. The summed E-state index contributed by atoms with van der Waals surface area (Å²) in [5, 5.41) is 18.3. The summed E-state index contributed by atoms with van der Waals surface area (Å²) in [5.74, 6) is -0.573. The van der Waals surface area contributed by atoms with Gasteiger partial charge in [0.05, 0.1) is 19.8 Å². The second-order valence-corrected chi connectivity index (χ2v) is 15.3. The van der Waals surface area contributed by atoms with Crippen molar-refractivity contribution in [3.63, 3.8) is 0 Å². The molecule has 0 aromatic rings. The molecule has 1 unspecified atom stereocenters. The van der Waals surface area contributed by atoms with Gasteiger partial charge in [0.15, 0.2) is 11.9 Å². The van der Waals surface area contributed by atoms with Gasteiger partial charge in [-0.2, -0.15) is 0 Å². The Balaban J connectivity index is 4.58. The molecule has 3 atom stereocenters. The van der Waals surface area contributed by atoms with E-state index >= 15 is 0 Å². The van der Waals surface area contributed by atoms with Crippen molar-refractivity contribution in [2.24, 2.45) is 5.92 Å². The number of unbranched alkanes of at least 4 members (excludes halogenated alkanes) is 11. The average molecular weight is 771 g/mol. The fraction of sp³-hybridized carbons (Fsp3) is 0.732. The van der Waals surface area contributed by atoms with Crippen LogP contribution in [0, 0.1) is 5.92 Å². The highest BCUT2D eigenvalue weighted by atomic mass is 31.2. The summed E-state index contributed by atoms with van der Waals surface area (Å²) in [4.78, 5) is 47.0. The minimum atomic E-state index is -4.68. The zero-order valence-corrected chi connectivity index (χ0v) is 33.8. The highest BCUT2D eigenvalue weighted by Gasteiger charge is 2.27. The first-order valence-electron chi connectivity index (χ1n) is 19.9. The Morgan fingerprint density at radius 2 is 1.28 bits per heavy atom. The van der Waals surface area contributed by atoms with E-state index in [1.165, 1.54) is 63.9 Å². The molecule has 53 heavy (non-hydrogen) atoms. The van der Waals surface area contributed by atoms with Crippen LogP contribution in [0.15, 0.2) is 48.6 Å². The van der Waals surface area contributed by atoms with Gasteiger partial charge < -0.3 is 24.6 Å². The molecule has 0 saturated carbocycles. The van der Waals surface area contributed by atoms with E-state index in [2.05, 4.69) is 49.6 Å². The summed E-state index contributed by atoms with van der Waals surface area (Å²) in [6, 6.07) is 0. The van der Waals surface area contributed by atoms with Crippen LogP contribution in [0.1, 0.15) is 149 Å². The van der Waals surface area contributed by atoms with Gasteiger partial charge in [-0.15, -0.1) is 0 Å². The van der Waals surface area contributed by atoms with Crippen molar-refractivity contribution >= 4 is 25.5 Å². The van der Waals surface area contributed by atoms with Crippen molar-refractivity contribution in [3.05, 3.63) is 48.6 Å². The van der Waals surface area contributed by atoms with E-state index < -0.39 is 58.4 Å². The lowest BCUT2D eigenvalue weighted by Crippen LogP contribution is -2.30. The molecule has 0 aromatic heterocycles. The first kappa shape index (κ1) is 50.6. The van der Waals surface area contributed by atoms with Crippen LogP contribution in [-0.4, -0.2) is 71.5 Å². The number of phosphoric ester groups is 1. The van der Waals surface area contributed by atoms with E-state index in [1.54, 1.807) is 12.2 Å². The van der Waals surface area contributed by atoms with Crippen LogP contribution in [0.2, 0.25) is 0 Å². The molecule has 0 radical (unpaired) electrons. The number of esters is 2. The smallest absolute Gasteiger partial charge is 0.462 e. The summed E-state index contributed by atoms with van der Waals surface area (Å²) in [5.41, 5.74) is 0. The molecule has 0 aliphatic heterocycles. The first-order chi connectivity index (χ1) is 25.5. The number of aliphatic hydroxyl groups excluding tert-OH is 2. The summed E-state index contributed by atoms with van der Waals surface area (Å²) >= 11 is 0. The van der Waals surface area contributed by atoms with Gasteiger partial charge in [-0.1, -0.05) is 134 Å². The Morgan fingerprint density at radius 1 is 0.679 bits per heavy atom. The number of aliphatic hydroxyl groups is 2. The molecule has 11 nitrogen and oxygen atoms in total. The lowest BCUT2D eigenvalue weighted by molar-refractivity contribution is -0.161. The molecule has 0 aliphatic carbocycles. The Morgan fingerprint density at radius 3 is 1.94 bits per heavy atom. The molecule has 0 aliphatic rings. The minimum absolute atomic E-state index is 0.106. The van der Waals surface area contributed by atoms with Gasteiger partial charge in [-0.25, -0.2) is 4.57 Å². The molecule has 0 fully saturated rings. The third-order valence-corrected chi connectivity index (χ3v) is 9.09. The van der Waals surface area contributed by atoms with Gasteiger partial charge in [0.25, 0.3) is 0 Å². The second kappa shape index (κ2) is 35.3. The normalized spacial score (nSPS) is 14.5. The number of phosphoric acid groups is 1. The lowest BCUT2D eigenvalue weighted by atomic mass is 10.0. The molecule has 0 amide bonds. The second-order valence-electron chi connectivity index (χ2n) is 13.8. The molecular weight excluding hydrogens is 699 g/mol. The molecule has 3 N–H and O–H groups in total. The standard InChI is InChI=1S/C41H71O11P/c1-4-5-6-7-8-9-10-11-12-15-18-21-24-28-37(43)29-26-31-41(46)52-39(35-51-53(47,48)50-33-38(44)32-42)34-49-40(45)30-25-22-19-16-13-14-17-20-23-27-36(2)3/h8-9,11-12,18,21,24,28,36,38-39,42,44H,4-7,10,13-17,19-20,22-23,25-27,29-35H2,1-3H3,(H,47,48)/b9-8-,12-11-,21-18-,28-24+/t38-,39+/m0/s1. The number of carbonyl (C=O) groups is 3. The van der Waals surface area contributed by atoms with E-state index in [9.17, 15) is 28.9 Å². The van der Waals surface area contributed by atoms with E-state index in [0.29, 0.717) is 6.42 Å². The molecular formula is C41H71O11P. The molecule has 0 rings (SSSR count). The van der Waals surface area contributed by atoms with Gasteiger partial charge in [0.1, 0.15) is 12.7 Å². The number of hydrogen-bond donors (Lipinski definition) is 3. The maximum atomic E-state index is 12.5. The molecule has 0 saturated heterocycles. The van der Waals surface area contributed by atoms with Crippen LogP contribution in [0.25, 0.3) is 0 Å². The summed E-state index contributed by atoms with van der Waals surface area (Å²) < 4.78 is 32.4. The third kappa shape index (κ3) is 36.4. The van der Waals surface area contributed by atoms with Crippen molar-refractivity contribution in [3.8, 4) is 0 Å². The fourth-order valence-electron chi connectivity index (χ4n) is 5.01. The molecule has 12 heteroatoms. The van der Waals surface area contributed by atoms with E-state index in [4.69, 9.17) is 19.1 Å². The van der Waals surface area contributed by atoms with Crippen LogP contribution in [0.5, 0.6) is 0 Å². The highest BCUT2D eigenvalue weighted by Crippen LogP contribution is 2.43. The molecule has 0 heterocycles. The van der Waals surface area contributed by atoms with Crippen LogP contribution >= 0.6 is 7.82 Å². The topological polar surface area (TPSA) is 166 Å². The van der Waals surface area contributed by atoms with E-state index in [1.807, 2.05) is 6.08 Å². The predicted molar refractivity (Wildman–Crippen MR) is 210 cm³/mol. The first-order valence-corrected chi connectivity index (χ1v) is 21.4. The fourth-order valence-corrected chi connectivity index (χ4v) is 5.80. The number of rotatable bonds is 36. The zero-order valence-electron chi connectivity index (χ0n) is 32.9. The zero-order chi connectivity index (χ0) is 39.4. The maximum absolute atomic E-state index is 12.5. The largest absolute Gasteiger partial charge is 0.472 e. The van der Waals surface area contributed by atoms with Crippen molar-refractivity contribution in [1.29, 1.82) is 0 Å². The summed E-state index contributed by atoms with van der Waals surface area (Å²) in [6.45, 7) is 4.33. The molecule has 0 bridgehead atoms. The van der Waals surface area contributed by atoms with E-state index in [0.717, 1.165) is 44.4 Å². The summed E-state index contributed by atoms with van der Waals surface area (Å²) in [7, 11) is -4.68. The van der Waals surface area contributed by atoms with Gasteiger partial charge >= 0.3 is 19.8 Å². The van der Waals surface area contributed by atoms with Gasteiger partial charge in [-0.3, -0.25) is 23.4 Å². The quantitative estimate of drug-likeness (QED) is 0.0139. The van der Waals surface area contributed by atoms with E-state index in [-0.39, 0.29) is 31.5 Å². The van der Waals surface area contributed by atoms with Gasteiger partial charge in [0, 0.05) is 19.3 Å². The average Bonchev–Trinajstić information content (AvgIpc) is 3.12. The Hall–Kier alpha value is -2.40. The molecule has 0 aromatic carbocycles. The van der Waals surface area contributed by atoms with Crippen molar-refractivity contribution < 1.29 is 52.6 Å². The number of ketones is 1. The van der Waals surface area contributed by atoms with Crippen molar-refractivity contribution in [1.82, 2.24) is 0 Å². The number of allylic oxidation sites excluding steroid dienone is 8. The van der Waals surface area contributed by atoms with Crippen LogP contribution < -0.4 is 0 Å². The molecule has 306 valence electrons. The van der Waals surface area contributed by atoms with Crippen LogP contribution in [-0.2, 0) is 37.5 Å². The SMILES string of the molecule is CCCCC/C=C\C/C=C\C/C=C\C=C\C(=O)CCCC(=O)O[C@H](COC(=O)CCCCCCCCCCCC(C)C)COP(=O)(O)OC[C@@H](O)CO. The summed E-state index contributed by atoms with van der Waals surface area (Å²) in [6.07, 6.45) is 31.0. The molecule has 0 spiro atoms. The number of hydrogen-bond acceptors (Lipinski definition) is 10. The highest BCUT2D eigenvalue weighted by molar-refractivity contribution is 7.47.